The number of amidine groups is 1. The molecule has 18 heavy (non-hydrogen) atoms. The van der Waals surface area contributed by atoms with E-state index in [2.05, 4.69) is 10.5 Å². The fraction of sp³-hybridized carbons (Fsp3) is 0.417. The smallest absolute Gasteiger partial charge is 0.139 e. The molecular weight excluding hydrogens is 257 g/mol. The van der Waals surface area contributed by atoms with Crippen LogP contribution in [0.25, 0.3) is 0 Å². The van der Waals surface area contributed by atoms with Gasteiger partial charge in [-0.25, -0.2) is 4.39 Å². The molecule has 1 saturated carbocycles. The Labute approximate surface area is 110 Å². The number of hydrogen-bond donors (Lipinski definition) is 3. The predicted molar refractivity (Wildman–Crippen MR) is 69.6 cm³/mol. The first kappa shape index (κ1) is 13.0. The fourth-order valence-corrected chi connectivity index (χ4v) is 2.16. The van der Waals surface area contributed by atoms with E-state index < -0.39 is 0 Å². The molecule has 0 aliphatic heterocycles. The van der Waals surface area contributed by atoms with Gasteiger partial charge in [0.05, 0.1) is 10.7 Å². The molecule has 2 rings (SSSR count). The van der Waals surface area contributed by atoms with Crippen molar-refractivity contribution in [1.29, 1.82) is 0 Å². The van der Waals surface area contributed by atoms with E-state index in [-0.39, 0.29) is 17.1 Å². The van der Waals surface area contributed by atoms with Gasteiger partial charge in [-0.15, -0.1) is 0 Å². The molecule has 0 spiro atoms. The van der Waals surface area contributed by atoms with Crippen molar-refractivity contribution in [2.45, 2.75) is 19.3 Å². The van der Waals surface area contributed by atoms with Crippen LogP contribution in [0.2, 0.25) is 5.02 Å². The van der Waals surface area contributed by atoms with Crippen LogP contribution < -0.4 is 11.1 Å². The van der Waals surface area contributed by atoms with E-state index in [1.807, 2.05) is 0 Å². The number of benzene rings is 1. The molecule has 4 N–H and O–H groups in total. The summed E-state index contributed by atoms with van der Waals surface area (Å²) in [4.78, 5) is 0. The van der Waals surface area contributed by atoms with Crippen molar-refractivity contribution in [3.8, 4) is 0 Å². The molecule has 4 nitrogen and oxygen atoms in total. The zero-order valence-corrected chi connectivity index (χ0v) is 10.5. The highest BCUT2D eigenvalue weighted by atomic mass is 35.5. The normalized spacial score (nSPS) is 17.6. The fourth-order valence-electron chi connectivity index (χ4n) is 1.93. The molecular formula is C12H15ClFN3O. The lowest BCUT2D eigenvalue weighted by Crippen LogP contribution is -2.23. The van der Waals surface area contributed by atoms with Crippen LogP contribution in [0.5, 0.6) is 0 Å². The van der Waals surface area contributed by atoms with Gasteiger partial charge in [0.1, 0.15) is 11.7 Å². The van der Waals surface area contributed by atoms with Crippen LogP contribution in [0.15, 0.2) is 23.4 Å². The largest absolute Gasteiger partial charge is 0.409 e. The molecule has 1 aromatic rings. The van der Waals surface area contributed by atoms with Crippen LogP contribution in [0, 0.1) is 11.2 Å². The van der Waals surface area contributed by atoms with Gasteiger partial charge < -0.3 is 16.3 Å². The Hall–Kier alpha value is -1.49. The van der Waals surface area contributed by atoms with E-state index >= 15 is 0 Å². The summed E-state index contributed by atoms with van der Waals surface area (Å²) >= 11 is 5.92. The summed E-state index contributed by atoms with van der Waals surface area (Å²) < 4.78 is 12.9. The van der Waals surface area contributed by atoms with Gasteiger partial charge in [0.15, 0.2) is 0 Å². The molecule has 1 aliphatic rings. The van der Waals surface area contributed by atoms with Gasteiger partial charge in [-0.2, -0.15) is 0 Å². The van der Waals surface area contributed by atoms with Crippen LogP contribution in [0.3, 0.4) is 0 Å². The number of anilines is 1. The number of nitrogens with zero attached hydrogens (tertiary/aromatic N) is 1. The first-order valence-corrected chi connectivity index (χ1v) is 6.08. The van der Waals surface area contributed by atoms with Crippen LogP contribution in [-0.2, 0) is 0 Å². The molecule has 0 heterocycles. The molecule has 6 heteroatoms. The van der Waals surface area contributed by atoms with Crippen molar-refractivity contribution in [1.82, 2.24) is 0 Å². The highest BCUT2D eigenvalue weighted by Gasteiger charge is 2.43. The molecule has 98 valence electrons. The molecule has 0 bridgehead atoms. The van der Waals surface area contributed by atoms with E-state index in [0.29, 0.717) is 23.7 Å². The highest BCUT2D eigenvalue weighted by molar-refractivity contribution is 6.33. The second-order valence-electron chi connectivity index (χ2n) is 4.75. The Kier molecular flexibility index (Phi) is 3.61. The van der Waals surface area contributed by atoms with Gasteiger partial charge in [-0.05, 0) is 36.5 Å². The SMILES string of the molecule is NC(CC1(CNc2ccc(F)cc2Cl)CC1)=NO. The summed E-state index contributed by atoms with van der Waals surface area (Å²) in [7, 11) is 0. The van der Waals surface area contributed by atoms with Crippen LogP contribution in [0.4, 0.5) is 10.1 Å². The van der Waals surface area contributed by atoms with Gasteiger partial charge in [-0.3, -0.25) is 0 Å². The average Bonchev–Trinajstić information content (AvgIpc) is 3.08. The number of rotatable bonds is 5. The van der Waals surface area contributed by atoms with Crippen LogP contribution in [0.1, 0.15) is 19.3 Å². The van der Waals surface area contributed by atoms with E-state index in [1.165, 1.54) is 12.1 Å². The Bertz CT molecular complexity index is 474. The topological polar surface area (TPSA) is 70.6 Å². The summed E-state index contributed by atoms with van der Waals surface area (Å²) in [5.41, 5.74) is 6.25. The summed E-state index contributed by atoms with van der Waals surface area (Å²) in [5.74, 6) is -0.122. The maximum atomic E-state index is 12.9. The number of oxime groups is 1. The average molecular weight is 272 g/mol. The van der Waals surface area contributed by atoms with E-state index in [9.17, 15) is 4.39 Å². The third kappa shape index (κ3) is 3.04. The van der Waals surface area contributed by atoms with Gasteiger partial charge in [0.2, 0.25) is 0 Å². The molecule has 1 aliphatic carbocycles. The number of halogens is 2. The summed E-state index contributed by atoms with van der Waals surface area (Å²) in [6.45, 7) is 0.675. The minimum atomic E-state index is -0.358. The Morgan fingerprint density at radius 1 is 1.56 bits per heavy atom. The predicted octanol–water partition coefficient (Wildman–Crippen LogP) is 2.81. The standard InChI is InChI=1S/C12H15ClFN3O/c13-9-5-8(14)1-2-10(9)16-7-12(3-4-12)6-11(15)17-18/h1-2,5,16,18H,3-4,6-7H2,(H2,15,17). The highest BCUT2D eigenvalue weighted by Crippen LogP contribution is 2.48. The summed E-state index contributed by atoms with van der Waals surface area (Å²) in [6, 6.07) is 4.24. The first-order chi connectivity index (χ1) is 8.54. The van der Waals surface area contributed by atoms with Crippen molar-refractivity contribution in [2.24, 2.45) is 16.3 Å². The van der Waals surface area contributed by atoms with Gasteiger partial charge in [0.25, 0.3) is 0 Å². The first-order valence-electron chi connectivity index (χ1n) is 5.70. The Morgan fingerprint density at radius 2 is 2.28 bits per heavy atom. The third-order valence-corrected chi connectivity index (χ3v) is 3.54. The number of hydrogen-bond acceptors (Lipinski definition) is 3. The minimum Gasteiger partial charge on any atom is -0.409 e. The number of nitrogens with two attached hydrogens (primary N) is 1. The van der Waals surface area contributed by atoms with E-state index in [4.69, 9.17) is 22.5 Å². The van der Waals surface area contributed by atoms with Gasteiger partial charge >= 0.3 is 0 Å². The lowest BCUT2D eigenvalue weighted by atomic mass is 10.0. The molecule has 0 saturated heterocycles. The van der Waals surface area contributed by atoms with Crippen molar-refractivity contribution in [3.05, 3.63) is 29.0 Å². The van der Waals surface area contributed by atoms with Crippen molar-refractivity contribution >= 4 is 23.1 Å². The van der Waals surface area contributed by atoms with Crippen molar-refractivity contribution < 1.29 is 9.60 Å². The zero-order valence-electron chi connectivity index (χ0n) is 9.79. The van der Waals surface area contributed by atoms with E-state index in [1.54, 1.807) is 6.07 Å². The van der Waals surface area contributed by atoms with Crippen molar-refractivity contribution in [3.63, 3.8) is 0 Å². The minimum absolute atomic E-state index is 0.0357. The van der Waals surface area contributed by atoms with Crippen LogP contribution in [-0.4, -0.2) is 17.6 Å². The monoisotopic (exact) mass is 271 g/mol. The molecule has 1 aromatic carbocycles. The third-order valence-electron chi connectivity index (χ3n) is 3.23. The second kappa shape index (κ2) is 5.02. The maximum absolute atomic E-state index is 12.9. The lowest BCUT2D eigenvalue weighted by molar-refractivity contribution is 0.315. The molecule has 0 amide bonds. The van der Waals surface area contributed by atoms with E-state index in [0.717, 1.165) is 12.8 Å². The summed E-state index contributed by atoms with van der Waals surface area (Å²) in [5, 5.41) is 15.1. The van der Waals surface area contributed by atoms with Gasteiger partial charge in [-0.1, -0.05) is 16.8 Å². The Balaban J connectivity index is 1.95. The quantitative estimate of drug-likeness (QED) is 0.334. The molecule has 0 unspecified atom stereocenters. The lowest BCUT2D eigenvalue weighted by Gasteiger charge is -2.16. The molecule has 0 aromatic heterocycles. The molecule has 0 atom stereocenters. The molecule has 0 radical (unpaired) electrons. The van der Waals surface area contributed by atoms with Crippen LogP contribution >= 0.6 is 11.6 Å². The zero-order chi connectivity index (χ0) is 13.2. The van der Waals surface area contributed by atoms with Gasteiger partial charge in [0, 0.05) is 13.0 Å². The maximum Gasteiger partial charge on any atom is 0.139 e. The van der Waals surface area contributed by atoms with Crippen molar-refractivity contribution in [2.75, 3.05) is 11.9 Å². The Morgan fingerprint density at radius 3 is 2.83 bits per heavy atom. The molecule has 1 fully saturated rings. The second-order valence-corrected chi connectivity index (χ2v) is 5.15. The number of nitrogens with one attached hydrogen (secondary N) is 1. The summed E-state index contributed by atoms with van der Waals surface area (Å²) in [6.07, 6.45) is 2.60.